The van der Waals surface area contributed by atoms with E-state index in [0.717, 1.165) is 24.7 Å². The highest BCUT2D eigenvalue weighted by Gasteiger charge is 2.18. The van der Waals surface area contributed by atoms with Crippen LogP contribution in [0.4, 0.5) is 0 Å². The molecule has 2 rings (SSSR count). The molecule has 0 bridgehead atoms. The van der Waals surface area contributed by atoms with Crippen LogP contribution in [0.3, 0.4) is 0 Å². The lowest BCUT2D eigenvalue weighted by molar-refractivity contribution is 0.196. The lowest BCUT2D eigenvalue weighted by Crippen LogP contribution is -2.35. The molecule has 1 aromatic rings. The highest BCUT2D eigenvalue weighted by molar-refractivity contribution is 5.29. The van der Waals surface area contributed by atoms with Gasteiger partial charge in [-0.05, 0) is 69.9 Å². The largest absolute Gasteiger partial charge is 0.494 e. The highest BCUT2D eigenvalue weighted by Crippen LogP contribution is 2.24. The molecule has 1 aliphatic heterocycles. The molecule has 0 spiro atoms. The number of ether oxygens (including phenoxy) is 1. The monoisotopic (exact) mass is 290 g/mol. The second-order valence-corrected chi connectivity index (χ2v) is 6.23. The summed E-state index contributed by atoms with van der Waals surface area (Å²) in [4.78, 5) is 2.48. The van der Waals surface area contributed by atoms with Gasteiger partial charge >= 0.3 is 0 Å². The van der Waals surface area contributed by atoms with Crippen LogP contribution in [0.1, 0.15) is 44.7 Å². The Hall–Kier alpha value is -1.06. The van der Waals surface area contributed by atoms with E-state index in [2.05, 4.69) is 55.4 Å². The van der Waals surface area contributed by atoms with Crippen LogP contribution < -0.4 is 10.1 Å². The summed E-state index contributed by atoms with van der Waals surface area (Å²) >= 11 is 0. The van der Waals surface area contributed by atoms with Crippen LogP contribution in [-0.4, -0.2) is 38.2 Å². The normalized spacial score (nSPS) is 17.9. The first-order valence-electron chi connectivity index (χ1n) is 8.34. The molecular formula is C18H30N2O. The van der Waals surface area contributed by atoms with Crippen molar-refractivity contribution in [1.29, 1.82) is 0 Å². The SMILES string of the molecule is CCCOc1ccc(C(C)N(C)CC2CCNCC2)cc1. The van der Waals surface area contributed by atoms with Crippen molar-refractivity contribution in [3.05, 3.63) is 29.8 Å². The van der Waals surface area contributed by atoms with E-state index in [1.165, 1.54) is 38.0 Å². The van der Waals surface area contributed by atoms with Gasteiger partial charge in [-0.15, -0.1) is 0 Å². The Balaban J connectivity index is 1.87. The van der Waals surface area contributed by atoms with Crippen LogP contribution in [0.2, 0.25) is 0 Å². The van der Waals surface area contributed by atoms with E-state index in [1.54, 1.807) is 0 Å². The molecule has 1 N–H and O–H groups in total. The molecule has 118 valence electrons. The summed E-state index contributed by atoms with van der Waals surface area (Å²) in [5.41, 5.74) is 1.37. The summed E-state index contributed by atoms with van der Waals surface area (Å²) in [5, 5.41) is 3.44. The fourth-order valence-electron chi connectivity index (χ4n) is 2.95. The zero-order valence-corrected chi connectivity index (χ0v) is 13.8. The summed E-state index contributed by atoms with van der Waals surface area (Å²) in [6, 6.07) is 9.06. The van der Waals surface area contributed by atoms with Gasteiger partial charge in [-0.3, -0.25) is 4.90 Å². The van der Waals surface area contributed by atoms with Gasteiger partial charge in [0.1, 0.15) is 5.75 Å². The topological polar surface area (TPSA) is 24.5 Å². The standard InChI is InChI=1S/C18H30N2O/c1-4-13-21-18-7-5-17(6-8-18)15(2)20(3)14-16-9-11-19-12-10-16/h5-8,15-16,19H,4,9-14H2,1-3H3. The Morgan fingerprint density at radius 1 is 1.24 bits per heavy atom. The van der Waals surface area contributed by atoms with Gasteiger partial charge in [0.25, 0.3) is 0 Å². The van der Waals surface area contributed by atoms with Crippen LogP contribution >= 0.6 is 0 Å². The third-order valence-electron chi connectivity index (χ3n) is 4.50. The van der Waals surface area contributed by atoms with Crippen molar-refractivity contribution in [2.45, 2.75) is 39.2 Å². The molecule has 1 heterocycles. The lowest BCUT2D eigenvalue weighted by atomic mass is 9.96. The molecule has 21 heavy (non-hydrogen) atoms. The summed E-state index contributed by atoms with van der Waals surface area (Å²) in [6.07, 6.45) is 3.67. The van der Waals surface area contributed by atoms with Crippen LogP contribution in [-0.2, 0) is 0 Å². The first kappa shape index (κ1) is 16.3. The summed E-state index contributed by atoms with van der Waals surface area (Å²) in [6.45, 7) is 8.77. The second-order valence-electron chi connectivity index (χ2n) is 6.23. The van der Waals surface area contributed by atoms with Crippen LogP contribution in [0, 0.1) is 5.92 Å². The molecule has 1 aromatic carbocycles. The van der Waals surface area contributed by atoms with E-state index in [0.29, 0.717) is 6.04 Å². The lowest BCUT2D eigenvalue weighted by Gasteiger charge is -2.31. The van der Waals surface area contributed by atoms with Gasteiger partial charge in [0.05, 0.1) is 6.61 Å². The number of hydrogen-bond donors (Lipinski definition) is 1. The Labute approximate surface area is 129 Å². The summed E-state index contributed by atoms with van der Waals surface area (Å²) < 4.78 is 5.65. The predicted molar refractivity (Wildman–Crippen MR) is 88.9 cm³/mol. The number of hydrogen-bond acceptors (Lipinski definition) is 3. The minimum Gasteiger partial charge on any atom is -0.494 e. The molecule has 1 fully saturated rings. The average molecular weight is 290 g/mol. The van der Waals surface area contributed by atoms with E-state index >= 15 is 0 Å². The zero-order valence-electron chi connectivity index (χ0n) is 13.8. The minimum absolute atomic E-state index is 0.458. The van der Waals surface area contributed by atoms with E-state index in [1.807, 2.05) is 0 Å². The van der Waals surface area contributed by atoms with Crippen molar-refractivity contribution in [3.8, 4) is 5.75 Å². The predicted octanol–water partition coefficient (Wildman–Crippen LogP) is 3.47. The molecular weight excluding hydrogens is 260 g/mol. The number of benzene rings is 1. The molecule has 0 aromatic heterocycles. The first-order valence-corrected chi connectivity index (χ1v) is 8.34. The van der Waals surface area contributed by atoms with Crippen molar-refractivity contribution in [2.75, 3.05) is 33.3 Å². The smallest absolute Gasteiger partial charge is 0.119 e. The van der Waals surface area contributed by atoms with E-state index < -0.39 is 0 Å². The molecule has 0 saturated carbocycles. The Morgan fingerprint density at radius 2 is 1.90 bits per heavy atom. The number of nitrogens with zero attached hydrogens (tertiary/aromatic N) is 1. The van der Waals surface area contributed by atoms with Crippen LogP contribution in [0.25, 0.3) is 0 Å². The van der Waals surface area contributed by atoms with Gasteiger partial charge in [0.15, 0.2) is 0 Å². The number of nitrogens with one attached hydrogen (secondary N) is 1. The highest BCUT2D eigenvalue weighted by atomic mass is 16.5. The summed E-state index contributed by atoms with van der Waals surface area (Å²) in [5.74, 6) is 1.82. The molecule has 1 atom stereocenters. The number of piperidine rings is 1. The van der Waals surface area contributed by atoms with Gasteiger partial charge in [-0.1, -0.05) is 19.1 Å². The van der Waals surface area contributed by atoms with Crippen molar-refractivity contribution < 1.29 is 4.74 Å². The van der Waals surface area contributed by atoms with Crippen LogP contribution in [0.5, 0.6) is 5.75 Å². The van der Waals surface area contributed by atoms with Crippen molar-refractivity contribution >= 4 is 0 Å². The Kier molecular flexibility index (Phi) is 6.52. The quantitative estimate of drug-likeness (QED) is 0.832. The maximum atomic E-state index is 5.65. The van der Waals surface area contributed by atoms with Gasteiger partial charge in [0, 0.05) is 12.6 Å². The van der Waals surface area contributed by atoms with Crippen molar-refractivity contribution in [1.82, 2.24) is 10.2 Å². The molecule has 0 amide bonds. The van der Waals surface area contributed by atoms with E-state index in [4.69, 9.17) is 4.74 Å². The fraction of sp³-hybridized carbons (Fsp3) is 0.667. The molecule has 3 heteroatoms. The van der Waals surface area contributed by atoms with Gasteiger partial charge < -0.3 is 10.1 Å². The molecule has 3 nitrogen and oxygen atoms in total. The summed E-state index contributed by atoms with van der Waals surface area (Å²) in [7, 11) is 2.24. The Morgan fingerprint density at radius 3 is 2.52 bits per heavy atom. The number of rotatable bonds is 7. The van der Waals surface area contributed by atoms with Crippen molar-refractivity contribution in [3.63, 3.8) is 0 Å². The minimum atomic E-state index is 0.458. The molecule has 1 aliphatic rings. The first-order chi connectivity index (χ1) is 10.2. The molecule has 1 saturated heterocycles. The molecule has 0 aliphatic carbocycles. The van der Waals surface area contributed by atoms with Gasteiger partial charge in [-0.25, -0.2) is 0 Å². The van der Waals surface area contributed by atoms with Gasteiger partial charge in [-0.2, -0.15) is 0 Å². The maximum absolute atomic E-state index is 5.65. The zero-order chi connectivity index (χ0) is 15.1. The maximum Gasteiger partial charge on any atom is 0.119 e. The van der Waals surface area contributed by atoms with Gasteiger partial charge in [0.2, 0.25) is 0 Å². The van der Waals surface area contributed by atoms with E-state index in [-0.39, 0.29) is 0 Å². The van der Waals surface area contributed by atoms with Crippen molar-refractivity contribution in [2.24, 2.45) is 5.92 Å². The third kappa shape index (κ3) is 5.01. The molecule has 1 unspecified atom stereocenters. The third-order valence-corrected chi connectivity index (χ3v) is 4.50. The van der Waals surface area contributed by atoms with Crippen LogP contribution in [0.15, 0.2) is 24.3 Å². The molecule has 0 radical (unpaired) electrons. The second kappa shape index (κ2) is 8.40. The fourth-order valence-corrected chi connectivity index (χ4v) is 2.95. The average Bonchev–Trinajstić information content (AvgIpc) is 2.53. The van der Waals surface area contributed by atoms with E-state index in [9.17, 15) is 0 Å². The Bertz CT molecular complexity index is 398.